The molecule has 2 aromatic heterocycles. The molecule has 0 saturated heterocycles. The molecule has 0 spiro atoms. The van der Waals surface area contributed by atoms with Crippen molar-refractivity contribution in [3.05, 3.63) is 21.9 Å². The summed E-state index contributed by atoms with van der Waals surface area (Å²) >= 11 is 3.52. The van der Waals surface area contributed by atoms with Crippen LogP contribution in [0.2, 0.25) is 0 Å². The molecule has 2 heterocycles. The summed E-state index contributed by atoms with van der Waals surface area (Å²) in [5, 5.41) is 2.10. The number of thiophene rings is 2. The van der Waals surface area contributed by atoms with Crippen molar-refractivity contribution < 1.29 is 4.79 Å². The highest BCUT2D eigenvalue weighted by Gasteiger charge is 2.08. The average Bonchev–Trinajstić information content (AvgIpc) is 2.51. The topological polar surface area (TPSA) is 17.1 Å². The Morgan fingerprint density at radius 2 is 2.31 bits per heavy atom. The van der Waals surface area contributed by atoms with E-state index in [4.69, 9.17) is 0 Å². The minimum Gasteiger partial charge on any atom is -0.300 e. The van der Waals surface area contributed by atoms with Crippen LogP contribution in [-0.2, 0) is 11.2 Å². The number of fused-ring (bicyclic) bond motifs is 1. The zero-order valence-electron chi connectivity index (χ0n) is 7.59. The Morgan fingerprint density at radius 1 is 1.54 bits per heavy atom. The van der Waals surface area contributed by atoms with Gasteiger partial charge in [0.15, 0.2) is 0 Å². The molecule has 0 bridgehead atoms. The second kappa shape index (κ2) is 3.24. The fraction of sp³-hybridized carbons (Fsp3) is 0.300. The normalized spacial score (nSPS) is 10.9. The smallest absolute Gasteiger partial charge is 0.134 e. The van der Waals surface area contributed by atoms with Crippen LogP contribution in [0.5, 0.6) is 0 Å². The highest BCUT2D eigenvalue weighted by Crippen LogP contribution is 2.33. The first-order valence-electron chi connectivity index (χ1n) is 4.13. The van der Waals surface area contributed by atoms with E-state index in [0.717, 1.165) is 0 Å². The summed E-state index contributed by atoms with van der Waals surface area (Å²) in [5.74, 6) is 0.241. The largest absolute Gasteiger partial charge is 0.300 e. The van der Waals surface area contributed by atoms with Crippen LogP contribution < -0.4 is 0 Å². The molecule has 0 fully saturated rings. The molecule has 3 heteroatoms. The summed E-state index contributed by atoms with van der Waals surface area (Å²) in [7, 11) is 0. The third-order valence-corrected chi connectivity index (χ3v) is 4.11. The molecule has 68 valence electrons. The molecule has 0 aliphatic carbocycles. The third kappa shape index (κ3) is 1.67. The minimum atomic E-state index is 0.241. The van der Waals surface area contributed by atoms with Crippen molar-refractivity contribution in [2.24, 2.45) is 0 Å². The number of Topliss-reactive ketones (excluding diaryl/α,β-unsaturated/α-hetero) is 1. The maximum atomic E-state index is 11.0. The summed E-state index contributed by atoms with van der Waals surface area (Å²) in [6, 6.07) is 2.19. The molecular formula is C10H10OS2. The van der Waals surface area contributed by atoms with Gasteiger partial charge in [-0.2, -0.15) is 0 Å². The van der Waals surface area contributed by atoms with Crippen molar-refractivity contribution in [2.45, 2.75) is 20.3 Å². The second-order valence-corrected chi connectivity index (χ2v) is 5.36. The Morgan fingerprint density at radius 3 is 3.00 bits per heavy atom. The number of rotatable bonds is 2. The lowest BCUT2D eigenvalue weighted by atomic mass is 10.2. The van der Waals surface area contributed by atoms with Gasteiger partial charge in [-0.15, -0.1) is 22.7 Å². The molecule has 0 N–H and O–H groups in total. The van der Waals surface area contributed by atoms with E-state index in [1.54, 1.807) is 29.6 Å². The molecule has 0 unspecified atom stereocenters. The van der Waals surface area contributed by atoms with Crippen molar-refractivity contribution in [1.29, 1.82) is 0 Å². The van der Waals surface area contributed by atoms with Gasteiger partial charge in [-0.05, 0) is 30.9 Å². The molecule has 0 aliphatic heterocycles. The van der Waals surface area contributed by atoms with Gasteiger partial charge >= 0.3 is 0 Å². The van der Waals surface area contributed by atoms with Gasteiger partial charge in [-0.25, -0.2) is 0 Å². The Hall–Kier alpha value is -0.670. The van der Waals surface area contributed by atoms with Crippen LogP contribution in [-0.4, -0.2) is 5.78 Å². The van der Waals surface area contributed by atoms with Crippen LogP contribution in [0.3, 0.4) is 0 Å². The summed E-state index contributed by atoms with van der Waals surface area (Å²) in [6.07, 6.45) is 0.583. The van der Waals surface area contributed by atoms with E-state index < -0.39 is 0 Å². The number of ketones is 1. The first-order valence-corrected chi connectivity index (χ1v) is 5.82. The quantitative estimate of drug-likeness (QED) is 0.742. The summed E-state index contributed by atoms with van der Waals surface area (Å²) in [6.45, 7) is 3.75. The van der Waals surface area contributed by atoms with Crippen molar-refractivity contribution >= 4 is 37.9 Å². The first-order chi connectivity index (χ1) is 6.16. The van der Waals surface area contributed by atoms with Gasteiger partial charge in [0.1, 0.15) is 5.78 Å². The van der Waals surface area contributed by atoms with Crippen LogP contribution >= 0.6 is 22.7 Å². The van der Waals surface area contributed by atoms with E-state index in [-0.39, 0.29) is 5.78 Å². The van der Waals surface area contributed by atoms with E-state index in [0.29, 0.717) is 6.42 Å². The fourth-order valence-corrected chi connectivity index (χ4v) is 3.67. The monoisotopic (exact) mass is 210 g/mol. The van der Waals surface area contributed by atoms with Gasteiger partial charge in [0.2, 0.25) is 0 Å². The Balaban J connectivity index is 2.50. The van der Waals surface area contributed by atoms with Gasteiger partial charge in [-0.1, -0.05) is 0 Å². The van der Waals surface area contributed by atoms with Crippen molar-refractivity contribution in [2.75, 3.05) is 0 Å². The zero-order valence-corrected chi connectivity index (χ0v) is 9.22. The van der Waals surface area contributed by atoms with Gasteiger partial charge in [0, 0.05) is 20.7 Å². The van der Waals surface area contributed by atoms with E-state index in [1.807, 2.05) is 0 Å². The molecular weight excluding hydrogens is 200 g/mol. The molecule has 1 nitrogen and oxygen atoms in total. The zero-order chi connectivity index (χ0) is 9.42. The average molecular weight is 210 g/mol. The van der Waals surface area contributed by atoms with Crippen molar-refractivity contribution in [3.63, 3.8) is 0 Å². The molecule has 2 rings (SSSR count). The lowest BCUT2D eigenvalue weighted by Crippen LogP contribution is -1.93. The SMILES string of the molecule is CC(=O)Cc1csc2cc(C)sc12. The number of carbonyl (C=O) groups excluding carboxylic acids is 1. The maximum absolute atomic E-state index is 11.0. The molecule has 0 radical (unpaired) electrons. The molecule has 13 heavy (non-hydrogen) atoms. The number of aryl methyl sites for hydroxylation is 1. The Kier molecular flexibility index (Phi) is 2.22. The highest BCUT2D eigenvalue weighted by molar-refractivity contribution is 7.27. The van der Waals surface area contributed by atoms with Gasteiger partial charge in [-0.3, -0.25) is 4.79 Å². The predicted octanol–water partition coefficient (Wildman–Crippen LogP) is 3.40. The number of hydrogen-bond acceptors (Lipinski definition) is 3. The van der Waals surface area contributed by atoms with Crippen LogP contribution in [0, 0.1) is 6.92 Å². The van der Waals surface area contributed by atoms with Crippen LogP contribution in [0.25, 0.3) is 9.40 Å². The van der Waals surface area contributed by atoms with Gasteiger partial charge in [0.25, 0.3) is 0 Å². The van der Waals surface area contributed by atoms with Gasteiger partial charge < -0.3 is 0 Å². The summed E-state index contributed by atoms with van der Waals surface area (Å²) in [4.78, 5) is 12.3. The predicted molar refractivity (Wildman–Crippen MR) is 58.8 cm³/mol. The summed E-state index contributed by atoms with van der Waals surface area (Å²) < 4.78 is 2.62. The molecule has 0 atom stereocenters. The van der Waals surface area contributed by atoms with E-state index in [1.165, 1.54) is 19.8 Å². The maximum Gasteiger partial charge on any atom is 0.134 e. The number of carbonyl (C=O) groups is 1. The minimum absolute atomic E-state index is 0.241. The van der Waals surface area contributed by atoms with E-state index in [9.17, 15) is 4.79 Å². The highest BCUT2D eigenvalue weighted by atomic mass is 32.1. The standard InChI is InChI=1S/C10H10OS2/c1-6(11)3-8-5-12-9-4-7(2)13-10(8)9/h4-5H,3H2,1-2H3. The van der Waals surface area contributed by atoms with E-state index >= 15 is 0 Å². The lowest BCUT2D eigenvalue weighted by Gasteiger charge is -1.90. The van der Waals surface area contributed by atoms with Gasteiger partial charge in [0.05, 0.1) is 0 Å². The molecule has 0 aliphatic rings. The molecule has 0 aromatic carbocycles. The van der Waals surface area contributed by atoms with Crippen LogP contribution in [0.4, 0.5) is 0 Å². The second-order valence-electron chi connectivity index (χ2n) is 3.19. The van der Waals surface area contributed by atoms with E-state index in [2.05, 4.69) is 18.4 Å². The first kappa shape index (κ1) is 8.91. The van der Waals surface area contributed by atoms with Crippen LogP contribution in [0.15, 0.2) is 11.4 Å². The fourth-order valence-electron chi connectivity index (χ4n) is 1.38. The number of hydrogen-bond donors (Lipinski definition) is 0. The van der Waals surface area contributed by atoms with Crippen molar-refractivity contribution in [3.8, 4) is 0 Å². The third-order valence-electron chi connectivity index (χ3n) is 1.88. The Bertz CT molecular complexity index is 450. The van der Waals surface area contributed by atoms with Crippen molar-refractivity contribution in [1.82, 2.24) is 0 Å². The Labute approximate surface area is 85.0 Å². The lowest BCUT2D eigenvalue weighted by molar-refractivity contribution is -0.116. The molecule has 2 aromatic rings. The van der Waals surface area contributed by atoms with Crippen LogP contribution in [0.1, 0.15) is 17.4 Å². The summed E-state index contributed by atoms with van der Waals surface area (Å²) in [5.41, 5.74) is 1.20. The molecule has 0 saturated carbocycles. The molecule has 0 amide bonds.